The van der Waals surface area contributed by atoms with Gasteiger partial charge in [0, 0.05) is 23.9 Å². The Kier molecular flexibility index (Phi) is 7.07. The monoisotopic (exact) mass is 506 g/mol. The number of nitro groups is 1. The predicted octanol–water partition coefficient (Wildman–Crippen LogP) is 5.99. The van der Waals surface area contributed by atoms with Gasteiger partial charge in [-0.15, -0.1) is 0 Å². The Bertz CT molecular complexity index is 1260. The van der Waals surface area contributed by atoms with E-state index in [1.165, 1.54) is 34.9 Å². The highest BCUT2D eigenvalue weighted by Crippen LogP contribution is 2.34. The molecular weight excluding hydrogens is 481 g/mol. The van der Waals surface area contributed by atoms with Gasteiger partial charge in [0.25, 0.3) is 5.69 Å². The lowest BCUT2D eigenvalue weighted by Crippen LogP contribution is -2.44. The fourth-order valence-electron chi connectivity index (χ4n) is 4.49. The number of benzene rings is 2. The first-order valence-electron chi connectivity index (χ1n) is 11.3. The van der Waals surface area contributed by atoms with Crippen molar-refractivity contribution in [3.8, 4) is 5.69 Å². The normalized spacial score (nSPS) is 20.7. The number of aromatic nitrogens is 2. The Morgan fingerprint density at radius 1 is 1.23 bits per heavy atom. The molecule has 0 radical (unpaired) electrons. The molecule has 0 saturated heterocycles. The first-order valence-corrected chi connectivity index (χ1v) is 12.3. The van der Waals surface area contributed by atoms with Crippen LogP contribution in [0, 0.1) is 22.0 Å². The number of amides is 1. The minimum Gasteiger partial charge on any atom is -0.352 e. The van der Waals surface area contributed by atoms with E-state index in [0.29, 0.717) is 17.4 Å². The third-order valence-corrected chi connectivity index (χ3v) is 7.57. The van der Waals surface area contributed by atoms with Gasteiger partial charge in [-0.2, -0.15) is 13.2 Å². The van der Waals surface area contributed by atoms with Crippen molar-refractivity contribution < 1.29 is 22.9 Å². The van der Waals surface area contributed by atoms with Gasteiger partial charge in [0.05, 0.1) is 27.3 Å². The molecule has 186 valence electrons. The number of carbonyl (C=O) groups excluding carboxylic acids is 1. The van der Waals surface area contributed by atoms with Crippen LogP contribution in [0.3, 0.4) is 0 Å². The molecule has 0 unspecified atom stereocenters. The molecule has 3 aromatic rings. The first-order chi connectivity index (χ1) is 16.5. The van der Waals surface area contributed by atoms with E-state index in [9.17, 15) is 28.1 Å². The zero-order chi connectivity index (χ0) is 25.3. The number of nitrogens with one attached hydrogen (secondary N) is 1. The average molecular weight is 507 g/mol. The number of thioether (sulfide) groups is 1. The number of imidazole rings is 1. The van der Waals surface area contributed by atoms with E-state index in [4.69, 9.17) is 0 Å². The van der Waals surface area contributed by atoms with Gasteiger partial charge in [-0.3, -0.25) is 19.5 Å². The SMILES string of the molecule is C[C@H]1[C@@H](NC(=O)CSc2nc3cc([N+](=O)[O-])ccc3n2-c2cccc(C(F)(F)F)c2)CCC[C@@H]1C. The standard InChI is InChI=1S/C24H25F3N4O3S/c1-14-5-3-8-19(15(14)2)28-22(32)13-35-23-29-20-12-18(31(33)34)9-10-21(20)30(23)17-7-4-6-16(11-17)24(25,26)27/h4,6-7,9-12,14-15,19H,3,5,8,13H2,1-2H3,(H,28,32)/t14-,15+,19-/m0/s1. The zero-order valence-electron chi connectivity index (χ0n) is 19.2. The van der Waals surface area contributed by atoms with Crippen LogP contribution < -0.4 is 5.32 Å². The van der Waals surface area contributed by atoms with Crippen molar-refractivity contribution in [1.29, 1.82) is 0 Å². The molecule has 3 atom stereocenters. The zero-order valence-corrected chi connectivity index (χ0v) is 20.0. The highest BCUT2D eigenvalue weighted by molar-refractivity contribution is 7.99. The number of halogens is 3. The lowest BCUT2D eigenvalue weighted by molar-refractivity contribution is -0.384. The second-order valence-corrected chi connectivity index (χ2v) is 9.88. The van der Waals surface area contributed by atoms with E-state index < -0.39 is 16.7 Å². The predicted molar refractivity (Wildman–Crippen MR) is 128 cm³/mol. The van der Waals surface area contributed by atoms with Crippen LogP contribution in [0.5, 0.6) is 0 Å². The summed E-state index contributed by atoms with van der Waals surface area (Å²) in [5.74, 6) is 0.701. The molecule has 2 aromatic carbocycles. The molecule has 0 spiro atoms. The second-order valence-electron chi connectivity index (χ2n) is 8.94. The number of nitrogens with zero attached hydrogens (tertiary/aromatic N) is 3. The van der Waals surface area contributed by atoms with Crippen LogP contribution in [0.25, 0.3) is 16.7 Å². The van der Waals surface area contributed by atoms with Crippen LogP contribution in [0.2, 0.25) is 0 Å². The van der Waals surface area contributed by atoms with E-state index >= 15 is 0 Å². The molecule has 11 heteroatoms. The Morgan fingerprint density at radius 2 is 2.00 bits per heavy atom. The molecule has 1 heterocycles. The molecule has 1 amide bonds. The van der Waals surface area contributed by atoms with Gasteiger partial charge in [0.2, 0.25) is 5.91 Å². The maximum absolute atomic E-state index is 13.3. The Morgan fingerprint density at radius 3 is 2.71 bits per heavy atom. The van der Waals surface area contributed by atoms with Gasteiger partial charge >= 0.3 is 6.18 Å². The minimum absolute atomic E-state index is 0.0159. The van der Waals surface area contributed by atoms with E-state index in [2.05, 4.69) is 24.1 Å². The molecule has 0 bridgehead atoms. The Labute approximate surface area is 204 Å². The van der Waals surface area contributed by atoms with Gasteiger partial charge in [0.15, 0.2) is 5.16 Å². The van der Waals surface area contributed by atoms with Gasteiger partial charge in [-0.05, 0) is 42.5 Å². The summed E-state index contributed by atoms with van der Waals surface area (Å²) in [7, 11) is 0. The Balaban J connectivity index is 1.65. The largest absolute Gasteiger partial charge is 0.416 e. The summed E-state index contributed by atoms with van der Waals surface area (Å²) in [5.41, 5.74) is -0.135. The van der Waals surface area contributed by atoms with Gasteiger partial charge in [-0.25, -0.2) is 4.98 Å². The molecule has 1 N–H and O–H groups in total. The third-order valence-electron chi connectivity index (χ3n) is 6.64. The summed E-state index contributed by atoms with van der Waals surface area (Å²) in [6, 6.07) is 8.86. The molecule has 1 fully saturated rings. The number of rotatable bonds is 6. The topological polar surface area (TPSA) is 90.1 Å². The van der Waals surface area contributed by atoms with E-state index in [-0.39, 0.29) is 39.7 Å². The van der Waals surface area contributed by atoms with Gasteiger partial charge < -0.3 is 5.32 Å². The van der Waals surface area contributed by atoms with Crippen LogP contribution in [0.15, 0.2) is 47.6 Å². The summed E-state index contributed by atoms with van der Waals surface area (Å²) >= 11 is 1.08. The second kappa shape index (κ2) is 9.88. The lowest BCUT2D eigenvalue weighted by atomic mass is 9.78. The highest BCUT2D eigenvalue weighted by atomic mass is 32.2. The fourth-order valence-corrected chi connectivity index (χ4v) is 5.33. The maximum Gasteiger partial charge on any atom is 0.416 e. The number of hydrogen-bond acceptors (Lipinski definition) is 5. The molecule has 4 rings (SSSR count). The summed E-state index contributed by atoms with van der Waals surface area (Å²) in [6.45, 7) is 4.30. The lowest BCUT2D eigenvalue weighted by Gasteiger charge is -2.34. The summed E-state index contributed by atoms with van der Waals surface area (Å²) in [4.78, 5) is 27.8. The molecule has 1 aromatic heterocycles. The maximum atomic E-state index is 13.3. The number of nitro benzene ring substituents is 1. The molecule has 1 aliphatic carbocycles. The van der Waals surface area contributed by atoms with Crippen molar-refractivity contribution in [2.45, 2.75) is 50.5 Å². The quantitative estimate of drug-likeness (QED) is 0.252. The van der Waals surface area contributed by atoms with Crippen LogP contribution in [-0.4, -0.2) is 32.2 Å². The molecule has 35 heavy (non-hydrogen) atoms. The van der Waals surface area contributed by atoms with Crippen LogP contribution in [-0.2, 0) is 11.0 Å². The first kappa shape index (κ1) is 25.0. The third kappa shape index (κ3) is 5.44. The van der Waals surface area contributed by atoms with Crippen LogP contribution in [0.1, 0.15) is 38.7 Å². The minimum atomic E-state index is -4.54. The number of alkyl halides is 3. The van der Waals surface area contributed by atoms with Crippen molar-refractivity contribution in [3.05, 3.63) is 58.1 Å². The summed E-state index contributed by atoms with van der Waals surface area (Å²) in [5, 5.41) is 14.6. The fraction of sp³-hybridized carbons (Fsp3) is 0.417. The van der Waals surface area contributed by atoms with E-state index in [0.717, 1.165) is 43.2 Å². The number of fused-ring (bicyclic) bond motifs is 1. The molecule has 1 saturated carbocycles. The van der Waals surface area contributed by atoms with Crippen LogP contribution >= 0.6 is 11.8 Å². The molecule has 0 aliphatic heterocycles. The number of non-ortho nitro benzene ring substituents is 1. The van der Waals surface area contributed by atoms with Crippen molar-refractivity contribution in [2.24, 2.45) is 11.8 Å². The molecule has 1 aliphatic rings. The summed E-state index contributed by atoms with van der Waals surface area (Å²) < 4.78 is 41.5. The van der Waals surface area contributed by atoms with Crippen molar-refractivity contribution in [1.82, 2.24) is 14.9 Å². The highest BCUT2D eigenvalue weighted by Gasteiger charge is 2.31. The van der Waals surface area contributed by atoms with Gasteiger partial charge in [0.1, 0.15) is 0 Å². The summed E-state index contributed by atoms with van der Waals surface area (Å²) in [6.07, 6.45) is -1.44. The van der Waals surface area contributed by atoms with E-state index in [1.807, 2.05) is 0 Å². The Hall–Kier alpha value is -3.08. The number of carbonyl (C=O) groups is 1. The van der Waals surface area contributed by atoms with E-state index in [1.54, 1.807) is 0 Å². The van der Waals surface area contributed by atoms with Crippen molar-refractivity contribution in [2.75, 3.05) is 5.75 Å². The molecule has 7 nitrogen and oxygen atoms in total. The van der Waals surface area contributed by atoms with Gasteiger partial charge in [-0.1, -0.05) is 44.5 Å². The average Bonchev–Trinajstić information content (AvgIpc) is 3.18. The van der Waals surface area contributed by atoms with Crippen molar-refractivity contribution >= 4 is 34.4 Å². The van der Waals surface area contributed by atoms with Crippen LogP contribution in [0.4, 0.5) is 18.9 Å². The number of hydrogen-bond donors (Lipinski definition) is 1. The molecular formula is C24H25F3N4O3S. The smallest absolute Gasteiger partial charge is 0.352 e. The van der Waals surface area contributed by atoms with Crippen molar-refractivity contribution in [3.63, 3.8) is 0 Å².